The molecule has 26 heavy (non-hydrogen) atoms. The summed E-state index contributed by atoms with van der Waals surface area (Å²) < 4.78 is 28.4. The Balaban J connectivity index is 2.17. The topological polar surface area (TPSA) is 37.4 Å². The molecule has 0 atom stereocenters. The van der Waals surface area contributed by atoms with Crippen LogP contribution in [0.4, 0.5) is 5.69 Å². The first-order chi connectivity index (χ1) is 12.4. The normalized spacial score (nSPS) is 11.3. The first-order valence-corrected chi connectivity index (χ1v) is 10.0. The van der Waals surface area contributed by atoms with E-state index in [4.69, 9.17) is 0 Å². The Morgan fingerprint density at radius 2 is 1.35 bits per heavy atom. The van der Waals surface area contributed by atoms with Crippen molar-refractivity contribution in [3.05, 3.63) is 95.1 Å². The van der Waals surface area contributed by atoms with Crippen LogP contribution < -0.4 is 4.31 Å². The van der Waals surface area contributed by atoms with Crippen molar-refractivity contribution < 1.29 is 8.42 Å². The van der Waals surface area contributed by atoms with Gasteiger partial charge >= 0.3 is 0 Å². The summed E-state index contributed by atoms with van der Waals surface area (Å²) in [5.41, 5.74) is 4.83. The molecule has 0 bridgehead atoms. The van der Waals surface area contributed by atoms with Crippen molar-refractivity contribution in [3.63, 3.8) is 0 Å². The Kier molecular flexibility index (Phi) is 5.14. The Labute approximate surface area is 156 Å². The Hall–Kier alpha value is -2.59. The fraction of sp³-hybridized carbons (Fsp3) is 0.182. The lowest BCUT2D eigenvalue weighted by Crippen LogP contribution is -2.31. The number of sulfonamides is 1. The molecule has 0 radical (unpaired) electrons. The third-order valence-electron chi connectivity index (χ3n) is 4.75. The molecule has 0 heterocycles. The number of rotatable bonds is 5. The zero-order valence-electron chi connectivity index (χ0n) is 15.3. The fourth-order valence-electron chi connectivity index (χ4n) is 2.97. The van der Waals surface area contributed by atoms with E-state index >= 15 is 0 Å². The van der Waals surface area contributed by atoms with E-state index in [2.05, 4.69) is 0 Å². The van der Waals surface area contributed by atoms with Crippen molar-refractivity contribution >= 4 is 15.7 Å². The molecule has 134 valence electrons. The van der Waals surface area contributed by atoms with Gasteiger partial charge < -0.3 is 0 Å². The van der Waals surface area contributed by atoms with Gasteiger partial charge in [-0.2, -0.15) is 0 Å². The lowest BCUT2D eigenvalue weighted by Gasteiger charge is -2.27. The van der Waals surface area contributed by atoms with Gasteiger partial charge in [-0.1, -0.05) is 54.6 Å². The summed E-state index contributed by atoms with van der Waals surface area (Å²) in [4.78, 5) is 0.300. The number of benzene rings is 3. The minimum absolute atomic E-state index is 0.300. The lowest BCUT2D eigenvalue weighted by atomic mass is 10.1. The highest BCUT2D eigenvalue weighted by Gasteiger charge is 2.26. The highest BCUT2D eigenvalue weighted by atomic mass is 32.2. The molecule has 3 rings (SSSR count). The van der Waals surface area contributed by atoms with Crippen molar-refractivity contribution in [3.8, 4) is 0 Å². The molecular weight excluding hydrogens is 342 g/mol. The molecule has 0 aliphatic carbocycles. The third kappa shape index (κ3) is 3.51. The van der Waals surface area contributed by atoms with Crippen LogP contribution >= 0.6 is 0 Å². The summed E-state index contributed by atoms with van der Waals surface area (Å²) in [7, 11) is -3.68. The van der Waals surface area contributed by atoms with Gasteiger partial charge in [-0.05, 0) is 61.2 Å². The van der Waals surface area contributed by atoms with Crippen molar-refractivity contribution in [2.45, 2.75) is 32.2 Å². The van der Waals surface area contributed by atoms with Crippen LogP contribution in [0.25, 0.3) is 0 Å². The summed E-state index contributed by atoms with van der Waals surface area (Å²) in [5, 5.41) is 0. The standard InChI is InChI=1S/C22H23NO2S/c1-17-11-9-15-22(19(17)3)23(16-20-12-8-7-10-18(20)2)26(24,25)21-13-5-4-6-14-21/h4-15H,16H2,1-3H3. The maximum absolute atomic E-state index is 13.4. The van der Waals surface area contributed by atoms with Gasteiger partial charge in [0.1, 0.15) is 0 Å². The average Bonchev–Trinajstić information content (AvgIpc) is 2.64. The quantitative estimate of drug-likeness (QED) is 0.637. The van der Waals surface area contributed by atoms with E-state index in [9.17, 15) is 8.42 Å². The SMILES string of the molecule is Cc1ccccc1CN(c1cccc(C)c1C)S(=O)(=O)c1ccccc1. The summed E-state index contributed by atoms with van der Waals surface area (Å²) in [6.45, 7) is 6.27. The molecule has 0 N–H and O–H groups in total. The molecular formula is C22H23NO2S. The second-order valence-corrected chi connectivity index (χ2v) is 8.33. The molecule has 0 amide bonds. The molecule has 3 aromatic carbocycles. The Bertz CT molecular complexity index is 1010. The predicted octanol–water partition coefficient (Wildman–Crippen LogP) is 5.01. The summed E-state index contributed by atoms with van der Waals surface area (Å²) in [5.74, 6) is 0. The maximum atomic E-state index is 13.4. The average molecular weight is 365 g/mol. The van der Waals surface area contributed by atoms with Gasteiger partial charge in [0, 0.05) is 0 Å². The second-order valence-electron chi connectivity index (χ2n) is 6.47. The zero-order chi connectivity index (χ0) is 18.7. The Morgan fingerprint density at radius 1 is 0.731 bits per heavy atom. The predicted molar refractivity (Wildman–Crippen MR) is 107 cm³/mol. The van der Waals surface area contributed by atoms with Crippen LogP contribution in [-0.4, -0.2) is 8.42 Å². The van der Waals surface area contributed by atoms with E-state index in [0.29, 0.717) is 11.4 Å². The first-order valence-electron chi connectivity index (χ1n) is 8.60. The van der Waals surface area contributed by atoms with E-state index in [1.54, 1.807) is 24.3 Å². The van der Waals surface area contributed by atoms with E-state index < -0.39 is 10.0 Å². The number of hydrogen-bond acceptors (Lipinski definition) is 2. The minimum Gasteiger partial charge on any atom is -0.262 e. The molecule has 0 unspecified atom stereocenters. The second kappa shape index (κ2) is 7.34. The van der Waals surface area contributed by atoms with Crippen LogP contribution in [0.1, 0.15) is 22.3 Å². The van der Waals surface area contributed by atoms with Gasteiger partial charge in [0.05, 0.1) is 17.1 Å². The third-order valence-corrected chi connectivity index (χ3v) is 6.53. The molecule has 0 saturated carbocycles. The molecule has 0 saturated heterocycles. The first kappa shape index (κ1) is 18.2. The zero-order valence-corrected chi connectivity index (χ0v) is 16.1. The van der Waals surface area contributed by atoms with E-state index in [1.165, 1.54) is 4.31 Å². The summed E-state index contributed by atoms with van der Waals surface area (Å²) in [6, 6.07) is 22.3. The van der Waals surface area contributed by atoms with Crippen LogP contribution in [0.15, 0.2) is 77.7 Å². The fourth-order valence-corrected chi connectivity index (χ4v) is 4.49. The molecule has 3 nitrogen and oxygen atoms in total. The van der Waals surface area contributed by atoms with E-state index in [1.807, 2.05) is 69.3 Å². The molecule has 0 aliphatic rings. The van der Waals surface area contributed by atoms with E-state index in [0.717, 1.165) is 27.9 Å². The highest BCUT2D eigenvalue weighted by Crippen LogP contribution is 2.30. The molecule has 0 fully saturated rings. The van der Waals surface area contributed by atoms with Gasteiger partial charge in [0.15, 0.2) is 0 Å². The van der Waals surface area contributed by atoms with Crippen LogP contribution in [0.3, 0.4) is 0 Å². The molecule has 4 heteroatoms. The molecule has 0 spiro atoms. The van der Waals surface area contributed by atoms with Crippen molar-refractivity contribution in [2.75, 3.05) is 4.31 Å². The summed E-state index contributed by atoms with van der Waals surface area (Å²) >= 11 is 0. The van der Waals surface area contributed by atoms with Crippen LogP contribution in [-0.2, 0) is 16.6 Å². The molecule has 0 aliphatic heterocycles. The monoisotopic (exact) mass is 365 g/mol. The van der Waals surface area contributed by atoms with Gasteiger partial charge in [-0.15, -0.1) is 0 Å². The van der Waals surface area contributed by atoms with Gasteiger partial charge in [-0.25, -0.2) is 8.42 Å². The summed E-state index contributed by atoms with van der Waals surface area (Å²) in [6.07, 6.45) is 0. The minimum atomic E-state index is -3.68. The van der Waals surface area contributed by atoms with Gasteiger partial charge in [-0.3, -0.25) is 4.31 Å². The maximum Gasteiger partial charge on any atom is 0.264 e. The van der Waals surface area contributed by atoms with E-state index in [-0.39, 0.29) is 0 Å². The van der Waals surface area contributed by atoms with Gasteiger partial charge in [0.25, 0.3) is 10.0 Å². The van der Waals surface area contributed by atoms with Crippen LogP contribution in [0.2, 0.25) is 0 Å². The molecule has 0 aromatic heterocycles. The van der Waals surface area contributed by atoms with Crippen molar-refractivity contribution in [1.29, 1.82) is 0 Å². The number of anilines is 1. The highest BCUT2D eigenvalue weighted by molar-refractivity contribution is 7.92. The largest absolute Gasteiger partial charge is 0.264 e. The van der Waals surface area contributed by atoms with Crippen LogP contribution in [0, 0.1) is 20.8 Å². The number of nitrogens with zero attached hydrogens (tertiary/aromatic N) is 1. The lowest BCUT2D eigenvalue weighted by molar-refractivity contribution is 0.590. The van der Waals surface area contributed by atoms with Crippen molar-refractivity contribution in [1.82, 2.24) is 0 Å². The smallest absolute Gasteiger partial charge is 0.262 e. The van der Waals surface area contributed by atoms with Crippen LogP contribution in [0.5, 0.6) is 0 Å². The number of hydrogen-bond donors (Lipinski definition) is 0. The molecule has 3 aromatic rings. The van der Waals surface area contributed by atoms with Gasteiger partial charge in [0.2, 0.25) is 0 Å². The Morgan fingerprint density at radius 3 is 2.04 bits per heavy atom. The van der Waals surface area contributed by atoms with Crippen molar-refractivity contribution in [2.24, 2.45) is 0 Å². The number of aryl methyl sites for hydroxylation is 2.